The van der Waals surface area contributed by atoms with E-state index >= 15 is 0 Å². The zero-order valence-electron chi connectivity index (χ0n) is 12.1. The third kappa shape index (κ3) is 4.15. The van der Waals surface area contributed by atoms with Crippen LogP contribution in [0.1, 0.15) is 23.6 Å². The molecule has 0 saturated heterocycles. The van der Waals surface area contributed by atoms with Crippen molar-refractivity contribution >= 4 is 26.0 Å². The normalized spacial score (nSPS) is 11.6. The molecule has 0 spiro atoms. The third-order valence-corrected chi connectivity index (χ3v) is 5.27. The number of aryl methyl sites for hydroxylation is 2. The van der Waals surface area contributed by atoms with E-state index in [2.05, 4.69) is 20.7 Å². The lowest BCUT2D eigenvalue weighted by Gasteiger charge is -2.11. The minimum absolute atomic E-state index is 0.293. The van der Waals surface area contributed by atoms with Crippen LogP contribution in [0.2, 0.25) is 0 Å². The van der Waals surface area contributed by atoms with Crippen LogP contribution >= 0.6 is 15.9 Å². The Balaban J connectivity index is 2.20. The van der Waals surface area contributed by atoms with Gasteiger partial charge in [-0.05, 0) is 42.7 Å². The maximum absolute atomic E-state index is 12.4. The zero-order valence-corrected chi connectivity index (χ0v) is 14.5. The molecule has 0 aliphatic carbocycles. The van der Waals surface area contributed by atoms with Gasteiger partial charge in [-0.25, -0.2) is 13.1 Å². The average Bonchev–Trinajstić information content (AvgIpc) is 2.46. The summed E-state index contributed by atoms with van der Waals surface area (Å²) in [5.74, 6) is 0. The number of sulfonamides is 1. The Bertz CT molecular complexity index is 724. The van der Waals surface area contributed by atoms with Crippen LogP contribution in [0.3, 0.4) is 0 Å². The fraction of sp³-hybridized carbons (Fsp3) is 0.250. The maximum atomic E-state index is 12.4. The molecule has 3 nitrogen and oxygen atoms in total. The lowest BCUT2D eigenvalue weighted by Crippen LogP contribution is -2.24. The van der Waals surface area contributed by atoms with Gasteiger partial charge in [0, 0.05) is 11.0 Å². The molecule has 0 aromatic heterocycles. The first-order valence-corrected chi connectivity index (χ1v) is 9.03. The Labute approximate surface area is 134 Å². The van der Waals surface area contributed by atoms with E-state index in [1.807, 2.05) is 44.2 Å². The van der Waals surface area contributed by atoms with E-state index in [1.54, 1.807) is 12.1 Å². The van der Waals surface area contributed by atoms with E-state index in [0.29, 0.717) is 17.9 Å². The van der Waals surface area contributed by atoms with E-state index in [4.69, 9.17) is 0 Å². The molecule has 112 valence electrons. The molecule has 0 radical (unpaired) electrons. The van der Waals surface area contributed by atoms with Gasteiger partial charge in [-0.3, -0.25) is 0 Å². The summed E-state index contributed by atoms with van der Waals surface area (Å²) in [5, 5.41) is 0. The first kappa shape index (κ1) is 16.2. The summed E-state index contributed by atoms with van der Waals surface area (Å²) in [6, 6.07) is 13.0. The largest absolute Gasteiger partial charge is 0.241 e. The predicted molar refractivity (Wildman–Crippen MR) is 88.7 cm³/mol. The molecule has 2 aromatic carbocycles. The number of rotatable bonds is 5. The molecule has 0 aliphatic heterocycles. The molecule has 0 bridgehead atoms. The summed E-state index contributed by atoms with van der Waals surface area (Å²) in [6.45, 7) is 4.24. The first-order valence-electron chi connectivity index (χ1n) is 6.76. The quantitative estimate of drug-likeness (QED) is 0.873. The van der Waals surface area contributed by atoms with Gasteiger partial charge in [0.15, 0.2) is 0 Å². The van der Waals surface area contributed by atoms with Crippen LogP contribution in [0, 0.1) is 6.92 Å². The van der Waals surface area contributed by atoms with Crippen molar-refractivity contribution in [3.63, 3.8) is 0 Å². The van der Waals surface area contributed by atoms with Crippen molar-refractivity contribution in [1.29, 1.82) is 0 Å². The topological polar surface area (TPSA) is 46.2 Å². The molecule has 5 heteroatoms. The number of halogens is 1. The molecule has 0 heterocycles. The molecule has 0 aliphatic rings. The van der Waals surface area contributed by atoms with Crippen LogP contribution in [-0.4, -0.2) is 8.42 Å². The van der Waals surface area contributed by atoms with E-state index < -0.39 is 10.0 Å². The summed E-state index contributed by atoms with van der Waals surface area (Å²) in [5.41, 5.74) is 2.91. The fourth-order valence-corrected chi connectivity index (χ4v) is 3.76. The Hall–Kier alpha value is -1.17. The predicted octanol–water partition coefficient (Wildman–Crippen LogP) is 3.80. The van der Waals surface area contributed by atoms with Gasteiger partial charge in [0.25, 0.3) is 0 Å². The summed E-state index contributed by atoms with van der Waals surface area (Å²) < 4.78 is 28.4. The van der Waals surface area contributed by atoms with Gasteiger partial charge in [-0.15, -0.1) is 0 Å². The second-order valence-corrected chi connectivity index (χ2v) is 7.57. The molecule has 0 unspecified atom stereocenters. The molecule has 21 heavy (non-hydrogen) atoms. The van der Waals surface area contributed by atoms with Crippen molar-refractivity contribution in [1.82, 2.24) is 4.72 Å². The second-order valence-electron chi connectivity index (χ2n) is 4.92. The van der Waals surface area contributed by atoms with E-state index in [9.17, 15) is 8.42 Å². The molecular weight excluding hydrogens is 350 g/mol. The number of benzene rings is 2. The van der Waals surface area contributed by atoms with Crippen molar-refractivity contribution in [2.45, 2.75) is 31.7 Å². The second kappa shape index (κ2) is 6.73. The molecule has 0 amide bonds. The van der Waals surface area contributed by atoms with Gasteiger partial charge < -0.3 is 0 Å². The van der Waals surface area contributed by atoms with Crippen molar-refractivity contribution in [3.05, 3.63) is 63.6 Å². The molecule has 2 rings (SSSR count). The number of hydrogen-bond acceptors (Lipinski definition) is 2. The Kier molecular flexibility index (Phi) is 5.19. The fourth-order valence-electron chi connectivity index (χ4n) is 2.05. The highest BCUT2D eigenvalue weighted by Gasteiger charge is 2.17. The van der Waals surface area contributed by atoms with Crippen molar-refractivity contribution in [2.24, 2.45) is 0 Å². The first-order chi connectivity index (χ1) is 9.92. The van der Waals surface area contributed by atoms with Gasteiger partial charge in [0.05, 0.1) is 4.90 Å². The standard InChI is InChI=1S/C16H18BrNO2S/c1-3-14-10-15(17)8-9-16(14)21(19,20)18-11-13-6-4-12(2)5-7-13/h4-10,18H,3,11H2,1-2H3. The van der Waals surface area contributed by atoms with Crippen LogP contribution in [0.5, 0.6) is 0 Å². The van der Waals surface area contributed by atoms with E-state index in [-0.39, 0.29) is 0 Å². The molecule has 0 fully saturated rings. The number of nitrogens with one attached hydrogen (secondary N) is 1. The molecule has 0 saturated carbocycles. The van der Waals surface area contributed by atoms with Crippen LogP contribution in [0.25, 0.3) is 0 Å². The Morgan fingerprint density at radius 2 is 1.76 bits per heavy atom. The van der Waals surface area contributed by atoms with E-state index in [1.165, 1.54) is 0 Å². The monoisotopic (exact) mass is 367 g/mol. The zero-order chi connectivity index (χ0) is 15.5. The lowest BCUT2D eigenvalue weighted by atomic mass is 10.2. The van der Waals surface area contributed by atoms with Crippen LogP contribution in [0.4, 0.5) is 0 Å². The molecule has 0 atom stereocenters. The van der Waals surface area contributed by atoms with E-state index in [0.717, 1.165) is 21.2 Å². The van der Waals surface area contributed by atoms with Crippen LogP contribution in [0.15, 0.2) is 51.8 Å². The van der Waals surface area contributed by atoms with Crippen molar-refractivity contribution < 1.29 is 8.42 Å². The van der Waals surface area contributed by atoms with Gasteiger partial charge in [-0.1, -0.05) is 52.7 Å². The summed E-state index contributed by atoms with van der Waals surface area (Å²) in [6.07, 6.45) is 0.667. The van der Waals surface area contributed by atoms with Gasteiger partial charge in [0.1, 0.15) is 0 Å². The number of hydrogen-bond donors (Lipinski definition) is 1. The smallest absolute Gasteiger partial charge is 0.207 e. The molecule has 1 N–H and O–H groups in total. The Morgan fingerprint density at radius 1 is 1.10 bits per heavy atom. The van der Waals surface area contributed by atoms with Gasteiger partial charge in [-0.2, -0.15) is 0 Å². The Morgan fingerprint density at radius 3 is 2.38 bits per heavy atom. The van der Waals surface area contributed by atoms with Crippen LogP contribution < -0.4 is 4.72 Å². The lowest BCUT2D eigenvalue weighted by molar-refractivity contribution is 0.580. The van der Waals surface area contributed by atoms with Gasteiger partial charge >= 0.3 is 0 Å². The maximum Gasteiger partial charge on any atom is 0.241 e. The summed E-state index contributed by atoms with van der Waals surface area (Å²) >= 11 is 3.37. The summed E-state index contributed by atoms with van der Waals surface area (Å²) in [4.78, 5) is 0.348. The van der Waals surface area contributed by atoms with Crippen molar-refractivity contribution in [3.8, 4) is 0 Å². The molecular formula is C16H18BrNO2S. The highest BCUT2D eigenvalue weighted by molar-refractivity contribution is 9.10. The third-order valence-electron chi connectivity index (χ3n) is 3.28. The minimum Gasteiger partial charge on any atom is -0.207 e. The van der Waals surface area contributed by atoms with Crippen LogP contribution in [-0.2, 0) is 23.0 Å². The molecule has 2 aromatic rings. The average molecular weight is 368 g/mol. The SMILES string of the molecule is CCc1cc(Br)ccc1S(=O)(=O)NCc1ccc(C)cc1. The highest BCUT2D eigenvalue weighted by Crippen LogP contribution is 2.21. The summed E-state index contributed by atoms with van der Waals surface area (Å²) in [7, 11) is -3.50. The van der Waals surface area contributed by atoms with Gasteiger partial charge in [0.2, 0.25) is 10.0 Å². The van der Waals surface area contributed by atoms with Crippen molar-refractivity contribution in [2.75, 3.05) is 0 Å². The minimum atomic E-state index is -3.50. The highest BCUT2D eigenvalue weighted by atomic mass is 79.9.